The number of aliphatic hydroxyl groups excluding tert-OH is 4. The molecule has 2 heterocycles. The molecule has 0 radical (unpaired) electrons. The largest absolute Gasteiger partial charge is 0.487 e. The number of anilines is 1. The summed E-state index contributed by atoms with van der Waals surface area (Å²) in [7, 11) is 0. The Balaban J connectivity index is 1.70. The lowest BCUT2D eigenvalue weighted by Gasteiger charge is -2.40. The van der Waals surface area contributed by atoms with Gasteiger partial charge in [-0.25, -0.2) is 0 Å². The average molecular weight is 460 g/mol. The van der Waals surface area contributed by atoms with E-state index in [0.717, 1.165) is 24.0 Å². The van der Waals surface area contributed by atoms with Gasteiger partial charge in [0, 0.05) is 23.7 Å². The van der Waals surface area contributed by atoms with Gasteiger partial charge >= 0.3 is 0 Å². The SMILES string of the molecule is CCc1ccc(Cc2cc([C@@H]3O[C@H](CO)[C@@H](O)[C@H](O)[C@H]3O)c(O[C@H]3CCOC3)cc2N)cc1. The molecule has 2 aromatic carbocycles. The number of aryl methyl sites for hydroxylation is 1. The molecule has 0 saturated carbocycles. The van der Waals surface area contributed by atoms with Gasteiger partial charge in [-0.05, 0) is 35.6 Å². The summed E-state index contributed by atoms with van der Waals surface area (Å²) in [4.78, 5) is 0. The van der Waals surface area contributed by atoms with E-state index in [4.69, 9.17) is 19.9 Å². The van der Waals surface area contributed by atoms with Gasteiger partial charge in [-0.15, -0.1) is 0 Å². The van der Waals surface area contributed by atoms with Crippen molar-refractivity contribution in [3.8, 4) is 5.75 Å². The van der Waals surface area contributed by atoms with Crippen LogP contribution in [0.4, 0.5) is 5.69 Å². The van der Waals surface area contributed by atoms with E-state index in [1.54, 1.807) is 6.07 Å². The van der Waals surface area contributed by atoms with Gasteiger partial charge < -0.3 is 40.4 Å². The summed E-state index contributed by atoms with van der Waals surface area (Å²) >= 11 is 0. The van der Waals surface area contributed by atoms with Crippen molar-refractivity contribution < 1.29 is 34.6 Å². The molecule has 6 N–H and O–H groups in total. The molecule has 8 nitrogen and oxygen atoms in total. The quantitative estimate of drug-likeness (QED) is 0.389. The minimum absolute atomic E-state index is 0.166. The third-order valence-electron chi connectivity index (χ3n) is 6.48. The Kier molecular flexibility index (Phi) is 7.53. The van der Waals surface area contributed by atoms with Gasteiger partial charge in [-0.3, -0.25) is 0 Å². The molecule has 2 aliphatic heterocycles. The molecule has 2 aromatic rings. The maximum atomic E-state index is 10.7. The molecule has 0 aromatic heterocycles. The molecule has 8 heteroatoms. The van der Waals surface area contributed by atoms with Crippen molar-refractivity contribution in [2.75, 3.05) is 25.6 Å². The Morgan fingerprint density at radius 3 is 2.39 bits per heavy atom. The Morgan fingerprint density at radius 2 is 1.76 bits per heavy atom. The van der Waals surface area contributed by atoms with Gasteiger partial charge in [-0.2, -0.15) is 0 Å². The van der Waals surface area contributed by atoms with Gasteiger partial charge in [0.1, 0.15) is 42.4 Å². The molecular formula is C25H33NO7. The van der Waals surface area contributed by atoms with Crippen molar-refractivity contribution in [3.05, 3.63) is 58.7 Å². The normalized spacial score (nSPS) is 29.8. The van der Waals surface area contributed by atoms with Crippen molar-refractivity contribution in [3.63, 3.8) is 0 Å². The van der Waals surface area contributed by atoms with E-state index in [-0.39, 0.29) is 6.10 Å². The number of hydrogen-bond acceptors (Lipinski definition) is 8. The standard InChI is InChI=1S/C25H33NO7/c1-2-14-3-5-15(6-4-14)9-16-10-18(20(11-19(16)26)32-17-7-8-31-13-17)25-24(30)23(29)22(28)21(12-27)33-25/h3-6,10-11,17,21-25,27-30H,2,7-9,12-13,26H2,1H3/t17-,21+,22+,23-,24+,25-/m0/s1. The van der Waals surface area contributed by atoms with E-state index < -0.39 is 37.1 Å². The molecule has 0 aliphatic carbocycles. The molecule has 0 amide bonds. The van der Waals surface area contributed by atoms with Crippen LogP contribution in [0.5, 0.6) is 5.75 Å². The van der Waals surface area contributed by atoms with E-state index in [9.17, 15) is 20.4 Å². The second-order valence-corrected chi connectivity index (χ2v) is 8.79. The summed E-state index contributed by atoms with van der Waals surface area (Å²) in [5.41, 5.74) is 10.6. The lowest BCUT2D eigenvalue weighted by Crippen LogP contribution is -2.55. The number of rotatable bonds is 7. The average Bonchev–Trinajstić information content (AvgIpc) is 3.33. The first-order chi connectivity index (χ1) is 15.9. The van der Waals surface area contributed by atoms with Gasteiger partial charge in [0.05, 0.1) is 19.8 Å². The van der Waals surface area contributed by atoms with Crippen LogP contribution in [0.25, 0.3) is 0 Å². The van der Waals surface area contributed by atoms with Crippen molar-refractivity contribution in [2.24, 2.45) is 0 Å². The summed E-state index contributed by atoms with van der Waals surface area (Å²) in [6, 6.07) is 11.8. The van der Waals surface area contributed by atoms with E-state index in [1.165, 1.54) is 5.56 Å². The first-order valence-electron chi connectivity index (χ1n) is 11.5. The molecule has 0 unspecified atom stereocenters. The topological polar surface area (TPSA) is 135 Å². The minimum Gasteiger partial charge on any atom is -0.487 e. The summed E-state index contributed by atoms with van der Waals surface area (Å²) < 4.78 is 17.4. The second kappa shape index (κ2) is 10.4. The lowest BCUT2D eigenvalue weighted by molar-refractivity contribution is -0.232. The Morgan fingerprint density at radius 1 is 1.03 bits per heavy atom. The third-order valence-corrected chi connectivity index (χ3v) is 6.48. The highest BCUT2D eigenvalue weighted by Gasteiger charge is 2.45. The van der Waals surface area contributed by atoms with E-state index in [1.807, 2.05) is 6.07 Å². The van der Waals surface area contributed by atoms with Crippen molar-refractivity contribution >= 4 is 5.69 Å². The fourth-order valence-corrected chi connectivity index (χ4v) is 4.39. The molecule has 0 spiro atoms. The zero-order valence-corrected chi connectivity index (χ0v) is 18.8. The van der Waals surface area contributed by atoms with E-state index in [2.05, 4.69) is 31.2 Å². The predicted molar refractivity (Wildman–Crippen MR) is 122 cm³/mol. The number of nitrogen functional groups attached to an aromatic ring is 1. The Labute approximate surface area is 193 Å². The first-order valence-corrected chi connectivity index (χ1v) is 11.5. The minimum atomic E-state index is -1.48. The monoisotopic (exact) mass is 459 g/mol. The summed E-state index contributed by atoms with van der Waals surface area (Å²) in [6.45, 7) is 2.65. The fourth-order valence-electron chi connectivity index (χ4n) is 4.39. The maximum absolute atomic E-state index is 10.7. The molecule has 2 fully saturated rings. The van der Waals surface area contributed by atoms with Crippen LogP contribution in [0.15, 0.2) is 36.4 Å². The second-order valence-electron chi connectivity index (χ2n) is 8.79. The molecule has 180 valence electrons. The van der Waals surface area contributed by atoms with Crippen LogP contribution in [-0.4, -0.2) is 70.8 Å². The number of ether oxygens (including phenoxy) is 3. The van der Waals surface area contributed by atoms with Crippen molar-refractivity contribution in [1.29, 1.82) is 0 Å². The van der Waals surface area contributed by atoms with Gasteiger partial charge in [-0.1, -0.05) is 31.2 Å². The van der Waals surface area contributed by atoms with E-state index >= 15 is 0 Å². The van der Waals surface area contributed by atoms with Crippen LogP contribution in [0.2, 0.25) is 0 Å². The lowest BCUT2D eigenvalue weighted by atomic mass is 9.89. The summed E-state index contributed by atoms with van der Waals surface area (Å²) in [6.07, 6.45) is -4.28. The number of hydrogen-bond donors (Lipinski definition) is 5. The van der Waals surface area contributed by atoms with E-state index in [0.29, 0.717) is 36.6 Å². The molecule has 6 atom stereocenters. The molecule has 0 bridgehead atoms. The van der Waals surface area contributed by atoms with Crippen LogP contribution in [-0.2, 0) is 22.3 Å². The fraction of sp³-hybridized carbons (Fsp3) is 0.520. The smallest absolute Gasteiger partial charge is 0.127 e. The predicted octanol–water partition coefficient (Wildman–Crippen LogP) is 1.10. The number of aliphatic hydroxyl groups is 4. The zero-order valence-electron chi connectivity index (χ0n) is 18.8. The zero-order chi connectivity index (χ0) is 23.5. The molecular weight excluding hydrogens is 426 g/mol. The third kappa shape index (κ3) is 5.16. The Hall–Kier alpha value is -2.20. The van der Waals surface area contributed by atoms with Gasteiger partial charge in [0.25, 0.3) is 0 Å². The van der Waals surface area contributed by atoms with Crippen LogP contribution in [0.1, 0.15) is 41.7 Å². The first kappa shape index (κ1) is 23.9. The van der Waals surface area contributed by atoms with Crippen LogP contribution < -0.4 is 10.5 Å². The number of nitrogens with two attached hydrogens (primary N) is 1. The maximum Gasteiger partial charge on any atom is 0.127 e. The Bertz CT molecular complexity index is 927. The highest BCUT2D eigenvalue weighted by atomic mass is 16.6. The van der Waals surface area contributed by atoms with Crippen molar-refractivity contribution in [2.45, 2.75) is 62.8 Å². The van der Waals surface area contributed by atoms with Crippen molar-refractivity contribution in [1.82, 2.24) is 0 Å². The highest BCUT2D eigenvalue weighted by Crippen LogP contribution is 2.40. The van der Waals surface area contributed by atoms with Gasteiger partial charge in [0.2, 0.25) is 0 Å². The number of benzene rings is 2. The highest BCUT2D eigenvalue weighted by molar-refractivity contribution is 5.57. The molecule has 33 heavy (non-hydrogen) atoms. The van der Waals surface area contributed by atoms with Gasteiger partial charge in [0.15, 0.2) is 0 Å². The molecule has 4 rings (SSSR count). The summed E-state index contributed by atoms with van der Waals surface area (Å²) in [5, 5.41) is 40.9. The van der Waals surface area contributed by atoms with Crippen LogP contribution >= 0.6 is 0 Å². The van der Waals surface area contributed by atoms with Crippen LogP contribution in [0, 0.1) is 0 Å². The molecule has 2 saturated heterocycles. The van der Waals surface area contributed by atoms with Crippen LogP contribution in [0.3, 0.4) is 0 Å². The summed E-state index contributed by atoms with van der Waals surface area (Å²) in [5.74, 6) is 0.428. The molecule has 2 aliphatic rings.